The maximum absolute atomic E-state index is 12.9. The molecule has 0 aromatic carbocycles. The van der Waals surface area contributed by atoms with Gasteiger partial charge in [-0.3, -0.25) is 14.4 Å². The quantitative estimate of drug-likeness (QED) is 0.716. The lowest BCUT2D eigenvalue weighted by atomic mass is 9.83. The van der Waals surface area contributed by atoms with E-state index in [-0.39, 0.29) is 5.57 Å². The number of nitrogens with zero attached hydrogens (tertiary/aromatic N) is 1. The van der Waals surface area contributed by atoms with E-state index in [0.717, 1.165) is 12.8 Å². The highest BCUT2D eigenvalue weighted by atomic mass is 16.4. The predicted octanol–water partition coefficient (Wildman–Crippen LogP) is 0.810. The van der Waals surface area contributed by atoms with Gasteiger partial charge in [-0.25, -0.2) is 0 Å². The molecule has 116 valence electrons. The number of rotatable bonds is 3. The number of carboxylic acids is 1. The molecular weight excluding hydrogens is 288 g/mol. The standard InChI is InChI=1S/C15H16N2O5/c18-10(19)8-16-14(22)11-12(20)9-4-3-7-17(9)15(13(11)21)5-1-2-6-15/h3-4,7,20H,1-2,5-6,8H2,(H,16,22)(H,18,19). The molecule has 1 spiro atoms. The van der Waals surface area contributed by atoms with Crippen LogP contribution in [0.25, 0.3) is 5.76 Å². The largest absolute Gasteiger partial charge is 0.505 e. The Morgan fingerprint density at radius 1 is 1.32 bits per heavy atom. The number of nitrogens with one attached hydrogen (secondary N) is 1. The minimum atomic E-state index is -1.21. The third-order valence-electron chi connectivity index (χ3n) is 4.40. The van der Waals surface area contributed by atoms with Gasteiger partial charge in [0.15, 0.2) is 11.5 Å². The number of aliphatic hydroxyl groups excluding tert-OH is 1. The van der Waals surface area contributed by atoms with Crippen LogP contribution >= 0.6 is 0 Å². The highest BCUT2D eigenvalue weighted by molar-refractivity contribution is 6.27. The molecule has 1 amide bonds. The number of aliphatic hydroxyl groups is 1. The third-order valence-corrected chi connectivity index (χ3v) is 4.40. The predicted molar refractivity (Wildman–Crippen MR) is 76.1 cm³/mol. The number of carbonyl (C=O) groups is 3. The molecule has 1 aliphatic carbocycles. The molecule has 7 heteroatoms. The van der Waals surface area contributed by atoms with E-state index < -0.39 is 35.5 Å². The Balaban J connectivity index is 2.06. The summed E-state index contributed by atoms with van der Waals surface area (Å²) in [7, 11) is 0. The summed E-state index contributed by atoms with van der Waals surface area (Å²) in [6.45, 7) is -0.600. The fraction of sp³-hybridized carbons (Fsp3) is 0.400. The van der Waals surface area contributed by atoms with Gasteiger partial charge in [-0.05, 0) is 25.0 Å². The van der Waals surface area contributed by atoms with E-state index in [1.54, 1.807) is 22.9 Å². The van der Waals surface area contributed by atoms with Gasteiger partial charge in [0.1, 0.15) is 17.7 Å². The fourth-order valence-electron chi connectivity index (χ4n) is 3.41. The summed E-state index contributed by atoms with van der Waals surface area (Å²) in [5.74, 6) is -2.89. The summed E-state index contributed by atoms with van der Waals surface area (Å²) in [6.07, 6.45) is 4.69. The van der Waals surface area contributed by atoms with E-state index in [0.29, 0.717) is 18.5 Å². The van der Waals surface area contributed by atoms with Crippen LogP contribution < -0.4 is 5.32 Å². The first-order chi connectivity index (χ1) is 10.5. The second-order valence-corrected chi connectivity index (χ2v) is 5.63. The van der Waals surface area contributed by atoms with Crippen molar-refractivity contribution in [3.63, 3.8) is 0 Å². The number of aliphatic carboxylic acids is 1. The van der Waals surface area contributed by atoms with Gasteiger partial charge in [0, 0.05) is 6.20 Å². The molecule has 2 heterocycles. The summed E-state index contributed by atoms with van der Waals surface area (Å²) < 4.78 is 1.74. The van der Waals surface area contributed by atoms with Crippen molar-refractivity contribution in [3.05, 3.63) is 29.6 Å². The highest BCUT2D eigenvalue weighted by Crippen LogP contribution is 2.44. The van der Waals surface area contributed by atoms with Crippen molar-refractivity contribution < 1.29 is 24.6 Å². The second-order valence-electron chi connectivity index (χ2n) is 5.63. The minimum Gasteiger partial charge on any atom is -0.505 e. The number of hydrogen-bond acceptors (Lipinski definition) is 4. The van der Waals surface area contributed by atoms with Crippen LogP contribution in [-0.2, 0) is 19.9 Å². The second kappa shape index (κ2) is 5.01. The number of ketones is 1. The topological polar surface area (TPSA) is 109 Å². The zero-order chi connectivity index (χ0) is 15.9. The average Bonchev–Trinajstić information content (AvgIpc) is 3.13. The van der Waals surface area contributed by atoms with Crippen LogP contribution in [0.4, 0.5) is 0 Å². The van der Waals surface area contributed by atoms with Crippen LogP contribution in [0.15, 0.2) is 23.9 Å². The van der Waals surface area contributed by atoms with Crippen LogP contribution in [-0.4, -0.2) is 39.0 Å². The fourth-order valence-corrected chi connectivity index (χ4v) is 3.41. The molecular formula is C15H16N2O5. The Labute approximate surface area is 126 Å². The monoisotopic (exact) mass is 304 g/mol. The minimum absolute atomic E-state index is 0.339. The van der Waals surface area contributed by atoms with Crippen molar-refractivity contribution in [1.82, 2.24) is 9.88 Å². The Morgan fingerprint density at radius 3 is 2.64 bits per heavy atom. The van der Waals surface area contributed by atoms with E-state index in [2.05, 4.69) is 5.32 Å². The first-order valence-electron chi connectivity index (χ1n) is 7.13. The summed E-state index contributed by atoms with van der Waals surface area (Å²) in [6, 6.07) is 3.36. The molecule has 1 aliphatic heterocycles. The Hall–Kier alpha value is -2.57. The smallest absolute Gasteiger partial charge is 0.322 e. The van der Waals surface area contributed by atoms with Crippen LogP contribution in [0.3, 0.4) is 0 Å². The molecule has 1 saturated carbocycles. The molecule has 0 atom stereocenters. The van der Waals surface area contributed by atoms with Gasteiger partial charge in [0.25, 0.3) is 5.91 Å². The van der Waals surface area contributed by atoms with Gasteiger partial charge in [0.05, 0.1) is 5.69 Å². The van der Waals surface area contributed by atoms with Gasteiger partial charge in [-0.2, -0.15) is 0 Å². The van der Waals surface area contributed by atoms with E-state index in [1.165, 1.54) is 0 Å². The van der Waals surface area contributed by atoms with Crippen LogP contribution in [0.5, 0.6) is 0 Å². The molecule has 0 unspecified atom stereocenters. The molecule has 1 aromatic heterocycles. The number of carboxylic acid groups (broad SMARTS) is 1. The molecule has 0 radical (unpaired) electrons. The number of carbonyl (C=O) groups excluding carboxylic acids is 2. The van der Waals surface area contributed by atoms with Crippen LogP contribution in [0, 0.1) is 0 Å². The number of hydrogen-bond donors (Lipinski definition) is 3. The van der Waals surface area contributed by atoms with Gasteiger partial charge in [-0.15, -0.1) is 0 Å². The zero-order valence-electron chi connectivity index (χ0n) is 11.8. The first-order valence-corrected chi connectivity index (χ1v) is 7.13. The Kier molecular flexibility index (Phi) is 3.27. The normalized spacial score (nSPS) is 19.4. The maximum atomic E-state index is 12.9. The molecule has 0 saturated heterocycles. The van der Waals surface area contributed by atoms with E-state index in [1.807, 2.05) is 0 Å². The van der Waals surface area contributed by atoms with E-state index in [9.17, 15) is 19.5 Å². The SMILES string of the molecule is O=C(O)CNC(=O)C1=C(O)c2cccn2C2(CCCC2)C1=O. The first kappa shape index (κ1) is 14.4. The summed E-state index contributed by atoms with van der Waals surface area (Å²) in [5, 5.41) is 21.1. The van der Waals surface area contributed by atoms with Crippen molar-refractivity contribution >= 4 is 23.4 Å². The van der Waals surface area contributed by atoms with Crippen molar-refractivity contribution in [2.75, 3.05) is 6.54 Å². The summed E-state index contributed by atoms with van der Waals surface area (Å²) in [5.41, 5.74) is -0.752. The molecule has 22 heavy (non-hydrogen) atoms. The van der Waals surface area contributed by atoms with E-state index >= 15 is 0 Å². The van der Waals surface area contributed by atoms with Crippen molar-refractivity contribution in [2.24, 2.45) is 0 Å². The van der Waals surface area contributed by atoms with Crippen molar-refractivity contribution in [2.45, 2.75) is 31.2 Å². The lowest BCUT2D eigenvalue weighted by molar-refractivity contribution is -0.138. The maximum Gasteiger partial charge on any atom is 0.322 e. The molecule has 3 N–H and O–H groups in total. The Bertz CT molecular complexity index is 695. The summed E-state index contributed by atoms with van der Waals surface area (Å²) in [4.78, 5) is 35.6. The zero-order valence-corrected chi connectivity index (χ0v) is 11.8. The van der Waals surface area contributed by atoms with Gasteiger partial charge < -0.3 is 20.1 Å². The lowest BCUT2D eigenvalue weighted by Crippen LogP contribution is -2.47. The number of Topliss-reactive ketones (excluding diaryl/α,β-unsaturated/α-hetero) is 1. The lowest BCUT2D eigenvalue weighted by Gasteiger charge is -2.35. The van der Waals surface area contributed by atoms with E-state index in [4.69, 9.17) is 5.11 Å². The molecule has 1 fully saturated rings. The molecule has 7 nitrogen and oxygen atoms in total. The highest BCUT2D eigenvalue weighted by Gasteiger charge is 2.50. The number of aromatic nitrogens is 1. The number of amides is 1. The molecule has 3 rings (SSSR count). The number of fused-ring (bicyclic) bond motifs is 2. The Morgan fingerprint density at radius 2 is 2.00 bits per heavy atom. The molecule has 1 aromatic rings. The average molecular weight is 304 g/mol. The van der Waals surface area contributed by atoms with Crippen molar-refractivity contribution in [3.8, 4) is 0 Å². The molecule has 0 bridgehead atoms. The third kappa shape index (κ3) is 1.93. The van der Waals surface area contributed by atoms with Gasteiger partial charge in [0.2, 0.25) is 0 Å². The van der Waals surface area contributed by atoms with Gasteiger partial charge in [-0.1, -0.05) is 12.8 Å². The van der Waals surface area contributed by atoms with Gasteiger partial charge >= 0.3 is 5.97 Å². The van der Waals surface area contributed by atoms with Crippen LogP contribution in [0.2, 0.25) is 0 Å². The summed E-state index contributed by atoms with van der Waals surface area (Å²) >= 11 is 0. The van der Waals surface area contributed by atoms with Crippen molar-refractivity contribution in [1.29, 1.82) is 0 Å². The molecule has 2 aliphatic rings. The van der Waals surface area contributed by atoms with Crippen LogP contribution in [0.1, 0.15) is 31.4 Å².